The van der Waals surface area contributed by atoms with Crippen molar-refractivity contribution in [2.24, 2.45) is 0 Å². The maximum atomic E-state index is 4.91. The van der Waals surface area contributed by atoms with E-state index in [4.69, 9.17) is 9.97 Å². The van der Waals surface area contributed by atoms with Crippen molar-refractivity contribution in [3.8, 4) is 11.4 Å². The van der Waals surface area contributed by atoms with Crippen molar-refractivity contribution >= 4 is 11.6 Å². The van der Waals surface area contributed by atoms with Gasteiger partial charge in [0.1, 0.15) is 11.6 Å². The zero-order valence-corrected chi connectivity index (χ0v) is 16.2. The van der Waals surface area contributed by atoms with E-state index in [0.29, 0.717) is 0 Å². The molecule has 4 rings (SSSR count). The number of anilines is 2. The van der Waals surface area contributed by atoms with Crippen LogP contribution in [0.4, 0.5) is 11.6 Å². The fraction of sp³-hybridized carbons (Fsp3) is 0.304. The summed E-state index contributed by atoms with van der Waals surface area (Å²) in [4.78, 5) is 12.0. The zero-order valence-electron chi connectivity index (χ0n) is 16.2. The predicted octanol–water partition coefficient (Wildman–Crippen LogP) is 4.92. The van der Waals surface area contributed by atoms with Crippen LogP contribution in [0.1, 0.15) is 31.9 Å². The second kappa shape index (κ2) is 7.03. The van der Waals surface area contributed by atoms with E-state index in [1.807, 2.05) is 18.2 Å². The largest absolute Gasteiger partial charge is 0.365 e. The van der Waals surface area contributed by atoms with E-state index in [2.05, 4.69) is 73.5 Å². The molecule has 27 heavy (non-hydrogen) atoms. The first-order chi connectivity index (χ1) is 13.0. The third-order valence-corrected chi connectivity index (χ3v) is 4.70. The third kappa shape index (κ3) is 4.11. The Morgan fingerprint density at radius 3 is 2.33 bits per heavy atom. The molecule has 0 saturated heterocycles. The Bertz CT molecular complexity index is 929. The van der Waals surface area contributed by atoms with Crippen molar-refractivity contribution in [3.63, 3.8) is 0 Å². The van der Waals surface area contributed by atoms with Crippen molar-refractivity contribution in [2.75, 3.05) is 16.8 Å². The number of aromatic nitrogens is 2. The minimum atomic E-state index is -0.0614. The number of fused-ring (bicyclic) bond motifs is 1. The Kier molecular flexibility index (Phi) is 4.56. The Morgan fingerprint density at radius 1 is 0.889 bits per heavy atom. The molecule has 1 aliphatic rings. The Morgan fingerprint density at radius 2 is 1.59 bits per heavy atom. The molecule has 1 aromatic heterocycles. The molecule has 0 atom stereocenters. The van der Waals surface area contributed by atoms with Crippen LogP contribution in [0.25, 0.3) is 11.4 Å². The van der Waals surface area contributed by atoms with Gasteiger partial charge in [0.15, 0.2) is 5.82 Å². The molecule has 3 aromatic rings. The lowest BCUT2D eigenvalue weighted by atomic mass is 10.00. The number of nitrogens with one attached hydrogen (secondary N) is 1. The standard InChI is InChI=1S/C23H26N4/c1-23(2,3)26-20-15-21(25-22(24-20)18-10-5-4-6-11-18)27-14-13-17-9-7-8-12-19(17)16-27/h4-12,15H,13-14,16H2,1-3H3,(H,24,25,26). The van der Waals surface area contributed by atoms with Crippen molar-refractivity contribution in [3.05, 3.63) is 71.8 Å². The molecular formula is C23H26N4. The van der Waals surface area contributed by atoms with E-state index in [1.54, 1.807) is 0 Å². The molecule has 0 unspecified atom stereocenters. The summed E-state index contributed by atoms with van der Waals surface area (Å²) < 4.78 is 0. The number of hydrogen-bond acceptors (Lipinski definition) is 4. The SMILES string of the molecule is CC(C)(C)Nc1cc(N2CCc3ccccc3C2)nc(-c2ccccc2)n1. The Balaban J connectivity index is 1.72. The summed E-state index contributed by atoms with van der Waals surface area (Å²) in [5.74, 6) is 2.61. The van der Waals surface area contributed by atoms with Crippen molar-refractivity contribution in [1.82, 2.24) is 9.97 Å². The molecule has 138 valence electrons. The van der Waals surface area contributed by atoms with Gasteiger partial charge in [-0.15, -0.1) is 0 Å². The molecule has 0 aliphatic carbocycles. The van der Waals surface area contributed by atoms with Crippen LogP contribution in [0.15, 0.2) is 60.7 Å². The summed E-state index contributed by atoms with van der Waals surface area (Å²) in [6.07, 6.45) is 1.04. The minimum absolute atomic E-state index is 0.0614. The van der Waals surface area contributed by atoms with Crippen LogP contribution in [0.2, 0.25) is 0 Å². The monoisotopic (exact) mass is 358 g/mol. The van der Waals surface area contributed by atoms with Gasteiger partial charge >= 0.3 is 0 Å². The molecule has 2 aromatic carbocycles. The van der Waals surface area contributed by atoms with E-state index in [-0.39, 0.29) is 5.54 Å². The summed E-state index contributed by atoms with van der Waals surface area (Å²) in [5.41, 5.74) is 3.80. The first-order valence-corrected chi connectivity index (χ1v) is 9.52. The quantitative estimate of drug-likeness (QED) is 0.722. The van der Waals surface area contributed by atoms with Gasteiger partial charge in [-0.3, -0.25) is 0 Å². The predicted molar refractivity (Wildman–Crippen MR) is 112 cm³/mol. The summed E-state index contributed by atoms with van der Waals surface area (Å²) in [5, 5.41) is 3.51. The van der Waals surface area contributed by atoms with E-state index in [9.17, 15) is 0 Å². The first kappa shape index (κ1) is 17.5. The van der Waals surface area contributed by atoms with E-state index < -0.39 is 0 Å². The lowest BCUT2D eigenvalue weighted by Gasteiger charge is -2.31. The maximum absolute atomic E-state index is 4.91. The highest BCUT2D eigenvalue weighted by molar-refractivity contribution is 5.62. The smallest absolute Gasteiger partial charge is 0.163 e. The summed E-state index contributed by atoms with van der Waals surface area (Å²) in [7, 11) is 0. The topological polar surface area (TPSA) is 41.0 Å². The molecule has 0 radical (unpaired) electrons. The van der Waals surface area contributed by atoms with Crippen LogP contribution in [0.5, 0.6) is 0 Å². The molecule has 0 spiro atoms. The van der Waals surface area contributed by atoms with Gasteiger partial charge in [0.2, 0.25) is 0 Å². The molecular weight excluding hydrogens is 332 g/mol. The number of hydrogen-bond donors (Lipinski definition) is 1. The van der Waals surface area contributed by atoms with Crippen LogP contribution in [0.3, 0.4) is 0 Å². The molecule has 0 amide bonds. The van der Waals surface area contributed by atoms with Gasteiger partial charge in [0.05, 0.1) is 0 Å². The van der Waals surface area contributed by atoms with Crippen molar-refractivity contribution < 1.29 is 0 Å². The molecule has 0 bridgehead atoms. The van der Waals surface area contributed by atoms with Gasteiger partial charge in [-0.1, -0.05) is 54.6 Å². The lowest BCUT2D eigenvalue weighted by molar-refractivity contribution is 0.629. The van der Waals surface area contributed by atoms with Crippen molar-refractivity contribution in [1.29, 1.82) is 0 Å². The average Bonchev–Trinajstić information content (AvgIpc) is 2.67. The zero-order chi connectivity index (χ0) is 18.9. The Labute approximate surface area is 161 Å². The second-order valence-electron chi connectivity index (χ2n) is 8.12. The normalized spacial score (nSPS) is 14.0. The van der Waals surface area contributed by atoms with Gasteiger partial charge in [0.25, 0.3) is 0 Å². The summed E-state index contributed by atoms with van der Waals surface area (Å²) in [6.45, 7) is 8.30. The molecule has 2 heterocycles. The fourth-order valence-electron chi connectivity index (χ4n) is 3.45. The Hall–Kier alpha value is -2.88. The van der Waals surface area contributed by atoms with Crippen LogP contribution in [0, 0.1) is 0 Å². The first-order valence-electron chi connectivity index (χ1n) is 9.52. The van der Waals surface area contributed by atoms with Gasteiger partial charge in [-0.25, -0.2) is 9.97 Å². The molecule has 4 heteroatoms. The molecule has 1 N–H and O–H groups in total. The third-order valence-electron chi connectivity index (χ3n) is 4.70. The number of nitrogens with zero attached hydrogens (tertiary/aromatic N) is 3. The molecule has 0 saturated carbocycles. The highest BCUT2D eigenvalue weighted by atomic mass is 15.2. The highest BCUT2D eigenvalue weighted by Gasteiger charge is 2.20. The van der Waals surface area contributed by atoms with Crippen LogP contribution >= 0.6 is 0 Å². The summed E-state index contributed by atoms with van der Waals surface area (Å²) >= 11 is 0. The lowest BCUT2D eigenvalue weighted by Crippen LogP contribution is -2.32. The number of benzene rings is 2. The average molecular weight is 358 g/mol. The van der Waals surface area contributed by atoms with E-state index in [1.165, 1.54) is 11.1 Å². The van der Waals surface area contributed by atoms with Gasteiger partial charge in [-0.2, -0.15) is 0 Å². The van der Waals surface area contributed by atoms with E-state index in [0.717, 1.165) is 42.5 Å². The maximum Gasteiger partial charge on any atom is 0.163 e. The minimum Gasteiger partial charge on any atom is -0.365 e. The van der Waals surface area contributed by atoms with Crippen LogP contribution in [-0.2, 0) is 13.0 Å². The van der Waals surface area contributed by atoms with Gasteiger partial charge in [-0.05, 0) is 38.3 Å². The number of rotatable bonds is 3. The van der Waals surface area contributed by atoms with Crippen LogP contribution in [-0.4, -0.2) is 22.1 Å². The molecule has 4 nitrogen and oxygen atoms in total. The van der Waals surface area contributed by atoms with Crippen molar-refractivity contribution in [2.45, 2.75) is 39.3 Å². The van der Waals surface area contributed by atoms with Crippen LogP contribution < -0.4 is 10.2 Å². The van der Waals surface area contributed by atoms with Gasteiger partial charge < -0.3 is 10.2 Å². The molecule has 1 aliphatic heterocycles. The molecule has 0 fully saturated rings. The van der Waals surface area contributed by atoms with E-state index >= 15 is 0 Å². The highest BCUT2D eigenvalue weighted by Crippen LogP contribution is 2.28. The summed E-state index contributed by atoms with van der Waals surface area (Å²) in [6, 6.07) is 21.0. The fourth-order valence-corrected chi connectivity index (χ4v) is 3.45. The van der Waals surface area contributed by atoms with Gasteiger partial charge in [0, 0.05) is 30.3 Å². The second-order valence-corrected chi connectivity index (χ2v) is 8.12.